The number of carbonyl (C=O) groups is 2. The minimum absolute atomic E-state index is 0.0130. The lowest BCUT2D eigenvalue weighted by Gasteiger charge is -2.09. The largest absolute Gasteiger partial charge is 0.511 e. The number of carboxylic acid groups (broad SMARTS) is 1. The fourth-order valence-electron chi connectivity index (χ4n) is 1.71. The Balaban J connectivity index is 2.80. The Bertz CT molecular complexity index is 688. The molecule has 0 saturated carbocycles. The molecule has 6 nitrogen and oxygen atoms in total. The third-order valence-corrected chi connectivity index (χ3v) is 2.90. The number of aliphatic hydroxyl groups excluding tert-OH is 1. The summed E-state index contributed by atoms with van der Waals surface area (Å²) < 4.78 is 37.3. The van der Waals surface area contributed by atoms with Gasteiger partial charge in [-0.1, -0.05) is 0 Å². The smallest absolute Gasteiger partial charge is 0.416 e. The number of nitriles is 1. The molecule has 0 atom stereocenters. The fraction of sp³-hybridized carbons (Fsp3) is 0.267. The summed E-state index contributed by atoms with van der Waals surface area (Å²) in [6, 6.07) is 5.03. The van der Waals surface area contributed by atoms with Crippen LogP contribution in [0, 0.1) is 11.3 Å². The molecule has 0 aliphatic carbocycles. The zero-order valence-electron chi connectivity index (χ0n) is 12.2. The van der Waals surface area contributed by atoms with Gasteiger partial charge in [0.2, 0.25) is 0 Å². The Morgan fingerprint density at radius 1 is 1.12 bits per heavy atom. The van der Waals surface area contributed by atoms with Gasteiger partial charge in [0.05, 0.1) is 5.56 Å². The SMILES string of the molecule is N#CC(C(=O)Nc1ccc(C(F)(F)F)cc1)=C(O)CCCC(=O)O. The van der Waals surface area contributed by atoms with E-state index in [1.54, 1.807) is 0 Å². The molecule has 0 saturated heterocycles. The number of nitrogens with zero attached hydrogens (tertiary/aromatic N) is 1. The molecule has 0 spiro atoms. The second kappa shape index (κ2) is 8.01. The van der Waals surface area contributed by atoms with Crippen molar-refractivity contribution in [2.24, 2.45) is 0 Å². The van der Waals surface area contributed by atoms with Crippen LogP contribution in [0.15, 0.2) is 35.6 Å². The molecule has 1 rings (SSSR count). The lowest BCUT2D eigenvalue weighted by atomic mass is 10.1. The predicted octanol–water partition coefficient (Wildman–Crippen LogP) is 3.23. The summed E-state index contributed by atoms with van der Waals surface area (Å²) in [6.45, 7) is 0. The maximum absolute atomic E-state index is 12.4. The monoisotopic (exact) mass is 342 g/mol. The van der Waals surface area contributed by atoms with Gasteiger partial charge in [-0.2, -0.15) is 18.4 Å². The summed E-state index contributed by atoms with van der Waals surface area (Å²) in [7, 11) is 0. The number of anilines is 1. The summed E-state index contributed by atoms with van der Waals surface area (Å²) in [6.07, 6.45) is -4.92. The highest BCUT2D eigenvalue weighted by atomic mass is 19.4. The van der Waals surface area contributed by atoms with Crippen molar-refractivity contribution in [3.8, 4) is 6.07 Å². The summed E-state index contributed by atoms with van der Waals surface area (Å²) in [5.41, 5.74) is -1.51. The lowest BCUT2D eigenvalue weighted by molar-refractivity contribution is -0.138. The molecule has 0 heterocycles. The third-order valence-electron chi connectivity index (χ3n) is 2.90. The molecule has 24 heavy (non-hydrogen) atoms. The number of rotatable bonds is 6. The van der Waals surface area contributed by atoms with E-state index in [2.05, 4.69) is 5.32 Å². The van der Waals surface area contributed by atoms with Gasteiger partial charge in [-0.15, -0.1) is 0 Å². The molecule has 0 fully saturated rings. The normalized spacial score (nSPS) is 12.1. The Morgan fingerprint density at radius 2 is 1.71 bits per heavy atom. The molecule has 0 bridgehead atoms. The summed E-state index contributed by atoms with van der Waals surface area (Å²) in [4.78, 5) is 22.2. The van der Waals surface area contributed by atoms with Crippen LogP contribution in [0.2, 0.25) is 0 Å². The quantitative estimate of drug-likeness (QED) is 0.418. The zero-order valence-corrected chi connectivity index (χ0v) is 12.2. The van der Waals surface area contributed by atoms with E-state index in [0.29, 0.717) is 0 Å². The van der Waals surface area contributed by atoms with Crippen molar-refractivity contribution in [3.63, 3.8) is 0 Å². The minimum Gasteiger partial charge on any atom is -0.511 e. The van der Waals surface area contributed by atoms with Crippen molar-refractivity contribution >= 4 is 17.6 Å². The number of amides is 1. The van der Waals surface area contributed by atoms with E-state index in [1.807, 2.05) is 0 Å². The van der Waals surface area contributed by atoms with Crippen LogP contribution in [0.25, 0.3) is 0 Å². The molecule has 0 unspecified atom stereocenters. The number of allylic oxidation sites excluding steroid dienone is 1. The van der Waals surface area contributed by atoms with Crippen molar-refractivity contribution in [1.29, 1.82) is 5.26 Å². The molecular formula is C15H13F3N2O4. The number of aliphatic hydroxyl groups is 1. The van der Waals surface area contributed by atoms with Crippen molar-refractivity contribution < 1.29 is 33.0 Å². The van der Waals surface area contributed by atoms with E-state index in [4.69, 9.17) is 10.4 Å². The van der Waals surface area contributed by atoms with E-state index >= 15 is 0 Å². The van der Waals surface area contributed by atoms with Gasteiger partial charge in [0.15, 0.2) is 5.57 Å². The number of alkyl halides is 3. The first-order valence-electron chi connectivity index (χ1n) is 6.67. The molecule has 1 aromatic rings. The highest BCUT2D eigenvalue weighted by Crippen LogP contribution is 2.29. The van der Waals surface area contributed by atoms with Crippen molar-refractivity contribution in [2.75, 3.05) is 5.32 Å². The Kier molecular flexibility index (Phi) is 6.35. The number of hydrogen-bond donors (Lipinski definition) is 3. The topological polar surface area (TPSA) is 110 Å². The van der Waals surface area contributed by atoms with Crippen LogP contribution < -0.4 is 5.32 Å². The van der Waals surface area contributed by atoms with Crippen LogP contribution >= 0.6 is 0 Å². The van der Waals surface area contributed by atoms with Crippen molar-refractivity contribution in [2.45, 2.75) is 25.4 Å². The highest BCUT2D eigenvalue weighted by Gasteiger charge is 2.30. The molecular weight excluding hydrogens is 329 g/mol. The van der Waals surface area contributed by atoms with E-state index in [9.17, 15) is 27.9 Å². The number of carboxylic acids is 1. The number of carbonyl (C=O) groups excluding carboxylic acids is 1. The standard InChI is InChI=1S/C15H13F3N2O4/c16-15(17,18)9-4-6-10(7-5-9)20-14(24)11(8-19)12(21)2-1-3-13(22)23/h4-7,21H,1-3H2,(H,20,24)(H,22,23). The van der Waals surface area contributed by atoms with Crippen LogP contribution in [-0.4, -0.2) is 22.1 Å². The number of aliphatic carboxylic acids is 1. The van der Waals surface area contributed by atoms with E-state index in [1.165, 1.54) is 6.07 Å². The first-order chi connectivity index (χ1) is 11.1. The number of halogens is 3. The van der Waals surface area contributed by atoms with Gasteiger partial charge in [0.25, 0.3) is 5.91 Å². The van der Waals surface area contributed by atoms with E-state index < -0.39 is 34.9 Å². The van der Waals surface area contributed by atoms with E-state index in [-0.39, 0.29) is 24.9 Å². The number of benzene rings is 1. The lowest BCUT2D eigenvalue weighted by Crippen LogP contribution is -2.16. The summed E-state index contributed by atoms with van der Waals surface area (Å²) in [5.74, 6) is -2.66. The van der Waals surface area contributed by atoms with Crippen LogP contribution in [0.4, 0.5) is 18.9 Å². The molecule has 1 amide bonds. The summed E-state index contributed by atoms with van der Waals surface area (Å²) in [5, 5.41) is 29.3. The summed E-state index contributed by atoms with van der Waals surface area (Å²) >= 11 is 0. The molecule has 128 valence electrons. The first-order valence-corrected chi connectivity index (χ1v) is 6.67. The van der Waals surface area contributed by atoms with Gasteiger partial charge in [-0.3, -0.25) is 9.59 Å². The third kappa shape index (κ3) is 5.64. The van der Waals surface area contributed by atoms with Gasteiger partial charge in [-0.05, 0) is 30.7 Å². The molecule has 1 aromatic carbocycles. The maximum atomic E-state index is 12.4. The zero-order chi connectivity index (χ0) is 18.3. The van der Waals surface area contributed by atoms with Gasteiger partial charge in [-0.25, -0.2) is 0 Å². The molecule has 3 N–H and O–H groups in total. The van der Waals surface area contributed by atoms with Crippen LogP contribution in [0.5, 0.6) is 0 Å². The van der Waals surface area contributed by atoms with Gasteiger partial charge in [0.1, 0.15) is 11.8 Å². The number of hydrogen-bond acceptors (Lipinski definition) is 4. The van der Waals surface area contributed by atoms with Crippen LogP contribution in [0.1, 0.15) is 24.8 Å². The van der Waals surface area contributed by atoms with Gasteiger partial charge >= 0.3 is 12.1 Å². The average Bonchev–Trinajstić information content (AvgIpc) is 2.47. The Morgan fingerprint density at radius 3 is 2.17 bits per heavy atom. The van der Waals surface area contributed by atoms with E-state index in [0.717, 1.165) is 24.3 Å². The van der Waals surface area contributed by atoms with Crippen molar-refractivity contribution in [3.05, 3.63) is 41.2 Å². The fourth-order valence-corrected chi connectivity index (χ4v) is 1.71. The predicted molar refractivity (Wildman–Crippen MR) is 76.8 cm³/mol. The molecule has 9 heteroatoms. The number of nitrogens with one attached hydrogen (secondary N) is 1. The van der Waals surface area contributed by atoms with Crippen molar-refractivity contribution in [1.82, 2.24) is 0 Å². The molecule has 0 aliphatic rings. The van der Waals surface area contributed by atoms with Gasteiger partial charge < -0.3 is 15.5 Å². The highest BCUT2D eigenvalue weighted by molar-refractivity contribution is 6.06. The Hall–Kier alpha value is -3.02. The minimum atomic E-state index is -4.51. The van der Waals surface area contributed by atoms with Crippen LogP contribution in [0.3, 0.4) is 0 Å². The maximum Gasteiger partial charge on any atom is 0.416 e. The molecule has 0 aromatic heterocycles. The second-order valence-corrected chi connectivity index (χ2v) is 4.71. The average molecular weight is 342 g/mol. The molecule has 0 aliphatic heterocycles. The molecule has 0 radical (unpaired) electrons. The second-order valence-electron chi connectivity index (χ2n) is 4.71. The van der Waals surface area contributed by atoms with Gasteiger partial charge in [0, 0.05) is 18.5 Å². The van der Waals surface area contributed by atoms with Crippen LogP contribution in [-0.2, 0) is 15.8 Å². The first kappa shape index (κ1) is 19.0. The Labute approximate surface area is 134 Å².